The van der Waals surface area contributed by atoms with Gasteiger partial charge in [0.15, 0.2) is 6.10 Å². The number of nitrogens with one attached hydrogen (secondary N) is 2. The van der Waals surface area contributed by atoms with Crippen LogP contribution in [0.25, 0.3) is 10.9 Å². The third kappa shape index (κ3) is 4.65. The van der Waals surface area contributed by atoms with Crippen LogP contribution in [0.4, 0.5) is 0 Å². The fraction of sp³-hybridized carbons (Fsp3) is 0.375. The fourth-order valence-corrected chi connectivity index (χ4v) is 4.63. The van der Waals surface area contributed by atoms with Crippen LogP contribution >= 0.6 is 11.6 Å². The number of carbonyl (C=O) groups excluding carboxylic acids is 1. The number of hydrogen-bond donors (Lipinski definition) is 2. The van der Waals surface area contributed by atoms with Crippen molar-refractivity contribution in [3.63, 3.8) is 0 Å². The van der Waals surface area contributed by atoms with Crippen molar-refractivity contribution in [1.82, 2.24) is 20.6 Å². The van der Waals surface area contributed by atoms with E-state index in [9.17, 15) is 4.79 Å². The molecule has 0 bridgehead atoms. The molecule has 1 aromatic carbocycles. The van der Waals surface area contributed by atoms with Crippen LogP contribution in [0, 0.1) is 0 Å². The highest BCUT2D eigenvalue weighted by Gasteiger charge is 2.31. The first-order valence-electron chi connectivity index (χ1n) is 10.8. The van der Waals surface area contributed by atoms with Crippen LogP contribution in [-0.2, 0) is 17.8 Å². The van der Waals surface area contributed by atoms with Gasteiger partial charge in [0, 0.05) is 47.2 Å². The van der Waals surface area contributed by atoms with Gasteiger partial charge in [-0.05, 0) is 56.0 Å². The van der Waals surface area contributed by atoms with E-state index in [2.05, 4.69) is 21.7 Å². The summed E-state index contributed by atoms with van der Waals surface area (Å²) < 4.78 is 5.75. The Balaban J connectivity index is 1.08. The standard InChI is InChI=1S/C24H25ClN4O2/c25-17-2-8-21-15(11-17)1-3-20(28-21)13-27-18-4-6-19(7-5-18)29-24(30)22-12-16-9-10-26-14-23(16)31-22/h1-3,8-11,14,18-19,22,27H,4-7,12-13H2,(H,29,30)/t18-,19-,22?. The van der Waals surface area contributed by atoms with Gasteiger partial charge >= 0.3 is 0 Å². The minimum absolute atomic E-state index is 0.0203. The Morgan fingerprint density at radius 3 is 2.77 bits per heavy atom. The molecular weight excluding hydrogens is 412 g/mol. The Kier molecular flexibility index (Phi) is 5.74. The molecule has 0 saturated heterocycles. The van der Waals surface area contributed by atoms with Crippen LogP contribution < -0.4 is 15.4 Å². The lowest BCUT2D eigenvalue weighted by Crippen LogP contribution is -2.46. The van der Waals surface area contributed by atoms with Crippen molar-refractivity contribution in [2.45, 2.75) is 56.8 Å². The summed E-state index contributed by atoms with van der Waals surface area (Å²) in [6, 6.07) is 12.4. The number of nitrogens with zero attached hydrogens (tertiary/aromatic N) is 2. The summed E-state index contributed by atoms with van der Waals surface area (Å²) in [5.74, 6) is 0.703. The lowest BCUT2D eigenvalue weighted by atomic mass is 9.91. The molecule has 6 nitrogen and oxygen atoms in total. The normalized spacial score (nSPS) is 22.7. The largest absolute Gasteiger partial charge is 0.478 e. The zero-order valence-electron chi connectivity index (χ0n) is 17.2. The van der Waals surface area contributed by atoms with Crippen LogP contribution in [0.2, 0.25) is 5.02 Å². The maximum Gasteiger partial charge on any atom is 0.261 e. The molecule has 3 aromatic rings. The van der Waals surface area contributed by atoms with E-state index in [1.54, 1.807) is 12.4 Å². The highest BCUT2D eigenvalue weighted by atomic mass is 35.5. The molecule has 0 radical (unpaired) electrons. The van der Waals surface area contributed by atoms with Gasteiger partial charge in [0.05, 0.1) is 17.4 Å². The molecule has 5 rings (SSSR count). The molecule has 1 aliphatic heterocycles. The molecule has 0 spiro atoms. The van der Waals surface area contributed by atoms with E-state index in [0.29, 0.717) is 12.5 Å². The molecule has 1 fully saturated rings. The van der Waals surface area contributed by atoms with E-state index in [0.717, 1.165) is 65.2 Å². The molecule has 1 unspecified atom stereocenters. The maximum atomic E-state index is 12.6. The van der Waals surface area contributed by atoms with Crippen molar-refractivity contribution in [2.75, 3.05) is 0 Å². The topological polar surface area (TPSA) is 76.1 Å². The molecule has 1 saturated carbocycles. The van der Waals surface area contributed by atoms with Gasteiger partial charge < -0.3 is 15.4 Å². The number of pyridine rings is 2. The van der Waals surface area contributed by atoms with Gasteiger partial charge in [-0.2, -0.15) is 0 Å². The van der Waals surface area contributed by atoms with Gasteiger partial charge in [0.1, 0.15) is 5.75 Å². The summed E-state index contributed by atoms with van der Waals surface area (Å²) in [6.45, 7) is 0.739. The number of halogens is 1. The fourth-order valence-electron chi connectivity index (χ4n) is 4.45. The van der Waals surface area contributed by atoms with Crippen molar-refractivity contribution in [2.24, 2.45) is 0 Å². The monoisotopic (exact) mass is 436 g/mol. The van der Waals surface area contributed by atoms with Crippen LogP contribution in [0.15, 0.2) is 48.8 Å². The minimum Gasteiger partial charge on any atom is -0.478 e. The summed E-state index contributed by atoms with van der Waals surface area (Å²) in [5, 5.41) is 8.58. The quantitative estimate of drug-likeness (QED) is 0.636. The molecule has 1 aliphatic carbocycles. The molecule has 1 amide bonds. The lowest BCUT2D eigenvalue weighted by molar-refractivity contribution is -0.128. The van der Waals surface area contributed by atoms with E-state index in [-0.39, 0.29) is 11.9 Å². The van der Waals surface area contributed by atoms with Gasteiger partial charge in [-0.25, -0.2) is 0 Å². The first-order valence-corrected chi connectivity index (χ1v) is 11.2. The zero-order chi connectivity index (χ0) is 21.2. The number of aromatic nitrogens is 2. The van der Waals surface area contributed by atoms with E-state index in [1.807, 2.05) is 30.3 Å². The van der Waals surface area contributed by atoms with Gasteiger partial charge in [-0.1, -0.05) is 17.7 Å². The van der Waals surface area contributed by atoms with E-state index in [1.165, 1.54) is 0 Å². The second-order valence-electron chi connectivity index (χ2n) is 8.37. The number of benzene rings is 1. The molecule has 3 heterocycles. The van der Waals surface area contributed by atoms with Gasteiger partial charge in [0.2, 0.25) is 0 Å². The molecular formula is C24H25ClN4O2. The summed E-state index contributed by atoms with van der Waals surface area (Å²) in [4.78, 5) is 21.4. The highest BCUT2D eigenvalue weighted by Crippen LogP contribution is 2.28. The Morgan fingerprint density at radius 1 is 1.10 bits per heavy atom. The second kappa shape index (κ2) is 8.81. The van der Waals surface area contributed by atoms with Crippen molar-refractivity contribution >= 4 is 28.4 Å². The molecule has 31 heavy (non-hydrogen) atoms. The predicted octanol–water partition coefficient (Wildman–Crippen LogP) is 3.80. The second-order valence-corrected chi connectivity index (χ2v) is 8.81. The number of amides is 1. The Labute approximate surface area is 186 Å². The summed E-state index contributed by atoms with van der Waals surface area (Å²) >= 11 is 6.05. The van der Waals surface area contributed by atoms with Crippen molar-refractivity contribution in [1.29, 1.82) is 0 Å². The number of rotatable bonds is 5. The summed E-state index contributed by atoms with van der Waals surface area (Å²) in [6.07, 6.45) is 7.59. The van der Waals surface area contributed by atoms with Crippen molar-refractivity contribution in [3.05, 3.63) is 65.1 Å². The van der Waals surface area contributed by atoms with Gasteiger partial charge in [0.25, 0.3) is 5.91 Å². The van der Waals surface area contributed by atoms with Crippen molar-refractivity contribution < 1.29 is 9.53 Å². The Bertz CT molecular complexity index is 1070. The van der Waals surface area contributed by atoms with Crippen LogP contribution in [0.1, 0.15) is 36.9 Å². The van der Waals surface area contributed by atoms with Gasteiger partial charge in [-0.3, -0.25) is 14.8 Å². The smallest absolute Gasteiger partial charge is 0.261 e. The molecule has 2 aliphatic rings. The SMILES string of the molecule is O=C(N[C@H]1CC[C@H](NCc2ccc3cc(Cl)ccc3n2)CC1)C1Cc2ccncc2O1. The maximum absolute atomic E-state index is 12.6. The third-order valence-corrected chi connectivity index (χ3v) is 6.43. The lowest BCUT2D eigenvalue weighted by Gasteiger charge is -2.30. The molecule has 2 aromatic heterocycles. The van der Waals surface area contributed by atoms with E-state index in [4.69, 9.17) is 21.3 Å². The Morgan fingerprint density at radius 2 is 1.94 bits per heavy atom. The molecule has 2 N–H and O–H groups in total. The van der Waals surface area contributed by atoms with E-state index >= 15 is 0 Å². The van der Waals surface area contributed by atoms with Crippen LogP contribution in [0.3, 0.4) is 0 Å². The average Bonchev–Trinajstić information content (AvgIpc) is 3.23. The number of ether oxygens (including phenoxy) is 1. The minimum atomic E-state index is -0.441. The number of hydrogen-bond acceptors (Lipinski definition) is 5. The van der Waals surface area contributed by atoms with Crippen LogP contribution in [-0.4, -0.2) is 34.1 Å². The number of fused-ring (bicyclic) bond motifs is 2. The highest BCUT2D eigenvalue weighted by molar-refractivity contribution is 6.31. The average molecular weight is 437 g/mol. The molecule has 160 valence electrons. The zero-order valence-corrected chi connectivity index (χ0v) is 17.9. The summed E-state index contributed by atoms with van der Waals surface area (Å²) in [7, 11) is 0. The number of carbonyl (C=O) groups is 1. The third-order valence-electron chi connectivity index (χ3n) is 6.19. The van der Waals surface area contributed by atoms with E-state index < -0.39 is 6.10 Å². The first-order chi connectivity index (χ1) is 15.1. The summed E-state index contributed by atoms with van der Waals surface area (Å²) in [5.41, 5.74) is 3.04. The van der Waals surface area contributed by atoms with Crippen LogP contribution in [0.5, 0.6) is 5.75 Å². The molecule has 7 heteroatoms. The Hall–Kier alpha value is -2.70. The molecule has 1 atom stereocenters. The first kappa shape index (κ1) is 20.2. The predicted molar refractivity (Wildman–Crippen MR) is 120 cm³/mol. The van der Waals surface area contributed by atoms with Crippen molar-refractivity contribution in [3.8, 4) is 5.75 Å². The van der Waals surface area contributed by atoms with Gasteiger partial charge in [-0.15, -0.1) is 0 Å².